The molecule has 194 valence electrons. The van der Waals surface area contributed by atoms with Crippen molar-refractivity contribution in [3.8, 4) is 0 Å². The predicted octanol–water partition coefficient (Wildman–Crippen LogP) is 4.29. The Hall–Kier alpha value is -2.61. The summed E-state index contributed by atoms with van der Waals surface area (Å²) in [5.41, 5.74) is -2.64. The van der Waals surface area contributed by atoms with Crippen molar-refractivity contribution in [2.24, 2.45) is 28.1 Å². The Morgan fingerprint density at radius 3 is 2.50 bits per heavy atom. The molecule has 3 aliphatic heterocycles. The summed E-state index contributed by atoms with van der Waals surface area (Å²) in [5.74, 6) is -1.31. The van der Waals surface area contributed by atoms with Crippen molar-refractivity contribution in [3.05, 3.63) is 36.3 Å². The molecule has 0 N–H and O–H groups in total. The lowest BCUT2D eigenvalue weighted by Gasteiger charge is -2.67. The minimum absolute atomic E-state index is 0.0490. The van der Waals surface area contributed by atoms with Crippen molar-refractivity contribution >= 4 is 17.9 Å². The van der Waals surface area contributed by atoms with E-state index < -0.39 is 51.7 Å². The first-order valence-corrected chi connectivity index (χ1v) is 12.8. The molecule has 4 heterocycles. The van der Waals surface area contributed by atoms with Gasteiger partial charge < -0.3 is 23.4 Å². The first-order chi connectivity index (χ1) is 16.8. The molecule has 36 heavy (non-hydrogen) atoms. The fourth-order valence-electron chi connectivity index (χ4n) is 9.13. The van der Waals surface area contributed by atoms with Crippen molar-refractivity contribution in [3.63, 3.8) is 0 Å². The third kappa shape index (κ3) is 2.66. The van der Waals surface area contributed by atoms with E-state index in [-0.39, 0.29) is 23.8 Å². The number of carbonyl (C=O) groups excluding carboxylic acids is 3. The van der Waals surface area contributed by atoms with Crippen LogP contribution in [-0.4, -0.2) is 41.3 Å². The van der Waals surface area contributed by atoms with Crippen molar-refractivity contribution in [1.82, 2.24) is 0 Å². The van der Waals surface area contributed by atoms with Gasteiger partial charge in [0.1, 0.15) is 23.4 Å². The van der Waals surface area contributed by atoms with E-state index >= 15 is 0 Å². The number of furan rings is 1. The van der Waals surface area contributed by atoms with Gasteiger partial charge >= 0.3 is 17.9 Å². The Kier molecular flexibility index (Phi) is 4.64. The zero-order valence-electron chi connectivity index (χ0n) is 21.7. The van der Waals surface area contributed by atoms with Gasteiger partial charge in [0.2, 0.25) is 0 Å². The van der Waals surface area contributed by atoms with Crippen LogP contribution in [0.25, 0.3) is 0 Å². The van der Waals surface area contributed by atoms with Gasteiger partial charge in [0.25, 0.3) is 0 Å². The number of hydrogen-bond acceptors (Lipinski definition) is 8. The second-order valence-corrected chi connectivity index (χ2v) is 12.5. The van der Waals surface area contributed by atoms with Gasteiger partial charge in [0.15, 0.2) is 6.10 Å². The van der Waals surface area contributed by atoms with Crippen LogP contribution in [-0.2, 0) is 33.3 Å². The molecule has 1 aromatic heterocycles. The molecule has 9 atom stereocenters. The van der Waals surface area contributed by atoms with Crippen LogP contribution >= 0.6 is 0 Å². The fraction of sp³-hybridized carbons (Fsp3) is 0.679. The Labute approximate surface area is 210 Å². The van der Waals surface area contributed by atoms with Crippen LogP contribution < -0.4 is 0 Å². The van der Waals surface area contributed by atoms with E-state index in [0.29, 0.717) is 6.42 Å². The number of hydrogen-bond donors (Lipinski definition) is 0. The molecule has 8 nitrogen and oxygen atoms in total. The third-order valence-electron chi connectivity index (χ3n) is 10.5. The summed E-state index contributed by atoms with van der Waals surface area (Å²) in [6.07, 6.45) is 6.89. The second-order valence-electron chi connectivity index (χ2n) is 12.5. The molecule has 2 aliphatic carbocycles. The minimum atomic E-state index is -0.899. The highest BCUT2D eigenvalue weighted by molar-refractivity contribution is 5.83. The minimum Gasteiger partial charge on any atom is -0.472 e. The average molecular weight is 499 g/mol. The molecule has 0 unspecified atom stereocenters. The van der Waals surface area contributed by atoms with Crippen molar-refractivity contribution in [2.45, 2.75) is 90.3 Å². The normalized spacial score (nSPS) is 48.2. The van der Waals surface area contributed by atoms with E-state index in [1.165, 1.54) is 13.0 Å². The summed E-state index contributed by atoms with van der Waals surface area (Å²) < 4.78 is 29.8. The first-order valence-electron chi connectivity index (χ1n) is 12.8. The van der Waals surface area contributed by atoms with Gasteiger partial charge in [-0.3, -0.25) is 4.79 Å². The van der Waals surface area contributed by atoms with Crippen molar-refractivity contribution in [1.29, 1.82) is 0 Å². The summed E-state index contributed by atoms with van der Waals surface area (Å²) in [4.78, 5) is 38.3. The first kappa shape index (κ1) is 23.8. The summed E-state index contributed by atoms with van der Waals surface area (Å²) in [6, 6.07) is 1.83. The smallest absolute Gasteiger partial charge is 0.339 e. The molecule has 0 amide bonds. The number of rotatable bonds is 2. The van der Waals surface area contributed by atoms with E-state index in [1.54, 1.807) is 12.5 Å². The quantitative estimate of drug-likeness (QED) is 0.338. The number of esters is 3. The second kappa shape index (κ2) is 7.03. The number of cyclic esters (lactones) is 2. The molecule has 6 rings (SSSR count). The topological polar surface area (TPSA) is 105 Å². The third-order valence-corrected chi connectivity index (χ3v) is 10.5. The SMILES string of the molecule is CC(=O)O[C@H]1C[C@H]2C(C)(C)OC(=O)C=C[C@]2(C)[C@@H]2CC[C@@]3(C)[C@H](c4ccoc4)OC(=O)[C@H]4O[C@]43[C@]12C. The van der Waals surface area contributed by atoms with E-state index in [2.05, 4.69) is 20.8 Å². The van der Waals surface area contributed by atoms with E-state index in [9.17, 15) is 14.4 Å². The molecular formula is C28H34O8. The zero-order chi connectivity index (χ0) is 25.9. The summed E-state index contributed by atoms with van der Waals surface area (Å²) >= 11 is 0. The number of allylic oxidation sites excluding steroid dienone is 1. The highest BCUT2D eigenvalue weighted by atomic mass is 16.7. The van der Waals surface area contributed by atoms with Crippen molar-refractivity contribution in [2.75, 3.05) is 0 Å². The van der Waals surface area contributed by atoms with Crippen LogP contribution in [0.4, 0.5) is 0 Å². The summed E-state index contributed by atoms with van der Waals surface area (Å²) in [7, 11) is 0. The Morgan fingerprint density at radius 1 is 1.08 bits per heavy atom. The van der Waals surface area contributed by atoms with Gasteiger partial charge in [-0.15, -0.1) is 0 Å². The monoisotopic (exact) mass is 498 g/mol. The molecule has 0 radical (unpaired) electrons. The number of epoxide rings is 1. The molecule has 5 aliphatic rings. The molecule has 0 bridgehead atoms. The highest BCUT2D eigenvalue weighted by Crippen LogP contribution is 2.79. The van der Waals surface area contributed by atoms with Crippen molar-refractivity contribution < 1.29 is 37.7 Å². The maximum Gasteiger partial charge on any atom is 0.339 e. The van der Waals surface area contributed by atoms with Crippen LogP contribution in [0.2, 0.25) is 0 Å². The van der Waals surface area contributed by atoms with Crippen LogP contribution in [0.15, 0.2) is 35.2 Å². The van der Waals surface area contributed by atoms with E-state index in [1.807, 2.05) is 26.0 Å². The van der Waals surface area contributed by atoms with Crippen LogP contribution in [0.1, 0.15) is 72.5 Å². The molecular weight excluding hydrogens is 464 g/mol. The lowest BCUT2D eigenvalue weighted by Crippen LogP contribution is -2.72. The fourth-order valence-corrected chi connectivity index (χ4v) is 9.13. The molecule has 2 saturated heterocycles. The van der Waals surface area contributed by atoms with Gasteiger partial charge in [-0.05, 0) is 50.5 Å². The van der Waals surface area contributed by atoms with Gasteiger partial charge in [-0.25, -0.2) is 9.59 Å². The standard InChI is InChI=1S/C28H34O8/c1-15(29)33-19-13-18-24(2,3)35-20(30)8-10-25(18,4)17-7-11-26(5)21(16-9-12-32-14-16)34-23(31)22-28(26,36-22)27(17,19)6/h8-10,12,14,17-19,21-22H,7,11,13H2,1-6H3/t17-,18-,19-,21-,22+,25+,26-,27-,28+/m0/s1. The highest BCUT2D eigenvalue weighted by Gasteiger charge is 2.88. The van der Waals surface area contributed by atoms with Gasteiger partial charge in [0.05, 0.1) is 12.5 Å². The number of ether oxygens (including phenoxy) is 4. The molecule has 8 heteroatoms. The molecule has 2 saturated carbocycles. The molecule has 4 fully saturated rings. The van der Waals surface area contributed by atoms with Gasteiger partial charge in [0, 0.05) is 35.3 Å². The number of carbonyl (C=O) groups is 3. The van der Waals surface area contributed by atoms with Crippen LogP contribution in [0.3, 0.4) is 0 Å². The summed E-state index contributed by atoms with van der Waals surface area (Å²) in [5, 5.41) is 0. The lowest BCUT2D eigenvalue weighted by atomic mass is 9.37. The van der Waals surface area contributed by atoms with Crippen LogP contribution in [0.5, 0.6) is 0 Å². The maximum atomic E-state index is 13.3. The lowest BCUT2D eigenvalue weighted by molar-refractivity contribution is -0.257. The number of fused-ring (bicyclic) bond motifs is 3. The van der Waals surface area contributed by atoms with Crippen LogP contribution in [0, 0.1) is 28.1 Å². The van der Waals surface area contributed by atoms with E-state index in [0.717, 1.165) is 18.4 Å². The average Bonchev–Trinajstić information content (AvgIpc) is 3.38. The zero-order valence-corrected chi connectivity index (χ0v) is 21.7. The molecule has 1 spiro atoms. The predicted molar refractivity (Wildman–Crippen MR) is 125 cm³/mol. The van der Waals surface area contributed by atoms with Gasteiger partial charge in [-0.2, -0.15) is 0 Å². The Morgan fingerprint density at radius 2 is 1.83 bits per heavy atom. The molecule has 1 aromatic rings. The molecule has 0 aromatic carbocycles. The largest absolute Gasteiger partial charge is 0.472 e. The maximum absolute atomic E-state index is 13.3. The van der Waals surface area contributed by atoms with Gasteiger partial charge in [-0.1, -0.05) is 26.8 Å². The summed E-state index contributed by atoms with van der Waals surface area (Å²) in [6.45, 7) is 11.7. The van der Waals surface area contributed by atoms with E-state index in [4.69, 9.17) is 23.4 Å². The Bertz CT molecular complexity index is 1170. The Balaban J connectivity index is 1.55.